The fraction of sp³-hybridized carbons (Fsp3) is 0.429. The van der Waals surface area contributed by atoms with Gasteiger partial charge in [0, 0.05) is 24.7 Å². The summed E-state index contributed by atoms with van der Waals surface area (Å²) in [5, 5.41) is 11.8. The number of carbonyl (C=O) groups excluding carboxylic acids is 1. The second kappa shape index (κ2) is 5.75. The van der Waals surface area contributed by atoms with E-state index in [1.54, 1.807) is 6.07 Å². The summed E-state index contributed by atoms with van der Waals surface area (Å²) in [5.41, 5.74) is 0.704. The van der Waals surface area contributed by atoms with Crippen LogP contribution in [0.1, 0.15) is 18.0 Å². The summed E-state index contributed by atoms with van der Waals surface area (Å²) in [6.07, 6.45) is 0.456. The molecule has 1 aromatic carbocycles. The van der Waals surface area contributed by atoms with Crippen LogP contribution in [0.4, 0.5) is 9.18 Å². The van der Waals surface area contributed by atoms with Gasteiger partial charge >= 0.3 is 12.0 Å². The van der Waals surface area contributed by atoms with E-state index < -0.39 is 17.7 Å². The highest BCUT2D eigenvalue weighted by molar-refractivity contribution is 9.10. The predicted molar refractivity (Wildman–Crippen MR) is 78.2 cm³/mol. The third kappa shape index (κ3) is 2.75. The maximum atomic E-state index is 13.4. The number of hydrogen-bond acceptors (Lipinski definition) is 3. The van der Waals surface area contributed by atoms with Crippen molar-refractivity contribution in [3.8, 4) is 5.75 Å². The Morgan fingerprint density at radius 3 is 2.91 bits per heavy atom. The van der Waals surface area contributed by atoms with Crippen molar-refractivity contribution >= 4 is 27.9 Å². The second-order valence-corrected chi connectivity index (χ2v) is 6.24. The topological polar surface area (TPSA) is 78.9 Å². The van der Waals surface area contributed by atoms with Gasteiger partial charge in [-0.2, -0.15) is 0 Å². The van der Waals surface area contributed by atoms with E-state index in [1.807, 2.05) is 0 Å². The van der Waals surface area contributed by atoms with Crippen molar-refractivity contribution in [2.24, 2.45) is 5.92 Å². The van der Waals surface area contributed by atoms with Crippen LogP contribution in [0.5, 0.6) is 5.75 Å². The van der Waals surface area contributed by atoms with Gasteiger partial charge in [0.05, 0.1) is 16.4 Å². The lowest BCUT2D eigenvalue weighted by molar-refractivity contribution is -0.141. The second-order valence-electron chi connectivity index (χ2n) is 5.39. The number of aliphatic carboxylic acids is 1. The number of benzene rings is 1. The van der Waals surface area contributed by atoms with Crippen LogP contribution in [0.3, 0.4) is 0 Å². The Kier molecular flexibility index (Phi) is 3.94. The van der Waals surface area contributed by atoms with Crippen molar-refractivity contribution in [2.75, 3.05) is 19.7 Å². The van der Waals surface area contributed by atoms with Crippen LogP contribution in [0.25, 0.3) is 0 Å². The van der Waals surface area contributed by atoms with E-state index in [-0.39, 0.29) is 25.2 Å². The number of hydrogen-bond donors (Lipinski definition) is 2. The summed E-state index contributed by atoms with van der Waals surface area (Å²) in [6.45, 7) is 0.845. The first-order valence-corrected chi connectivity index (χ1v) is 7.65. The van der Waals surface area contributed by atoms with Crippen molar-refractivity contribution in [1.29, 1.82) is 0 Å². The molecule has 1 aromatic rings. The molecule has 0 aromatic heterocycles. The maximum absolute atomic E-state index is 13.4. The summed E-state index contributed by atoms with van der Waals surface area (Å²) in [6, 6.07) is 2.17. The fourth-order valence-corrected chi connectivity index (χ4v) is 3.07. The number of ether oxygens (including phenoxy) is 1. The molecule has 6 nitrogen and oxygen atoms in total. The van der Waals surface area contributed by atoms with Gasteiger partial charge in [0.2, 0.25) is 0 Å². The molecule has 0 spiro atoms. The van der Waals surface area contributed by atoms with Crippen LogP contribution in [0.2, 0.25) is 0 Å². The highest BCUT2D eigenvalue weighted by Gasteiger charge is 2.33. The van der Waals surface area contributed by atoms with E-state index in [9.17, 15) is 14.0 Å². The average Bonchev–Trinajstić information content (AvgIpc) is 3.08. The van der Waals surface area contributed by atoms with E-state index in [0.29, 0.717) is 28.8 Å². The summed E-state index contributed by atoms with van der Waals surface area (Å²) in [4.78, 5) is 24.6. The quantitative estimate of drug-likeness (QED) is 0.833. The lowest BCUT2D eigenvalue weighted by Gasteiger charge is -2.20. The van der Waals surface area contributed by atoms with Gasteiger partial charge in [0.1, 0.15) is 18.2 Å². The van der Waals surface area contributed by atoms with Crippen molar-refractivity contribution in [1.82, 2.24) is 10.2 Å². The first kappa shape index (κ1) is 15.1. The Bertz CT molecular complexity index is 640. The molecule has 2 atom stereocenters. The maximum Gasteiger partial charge on any atom is 0.318 e. The van der Waals surface area contributed by atoms with E-state index in [0.717, 1.165) is 0 Å². The third-order valence-corrected chi connectivity index (χ3v) is 4.56. The lowest BCUT2D eigenvalue weighted by atomic mass is 10.1. The number of nitrogens with zero attached hydrogens (tertiary/aromatic N) is 1. The summed E-state index contributed by atoms with van der Waals surface area (Å²) in [7, 11) is 0. The number of carbonyl (C=O) groups is 2. The molecule has 1 saturated heterocycles. The number of likely N-dealkylation sites (tertiary alicyclic amines) is 1. The zero-order valence-corrected chi connectivity index (χ0v) is 13.1. The van der Waals surface area contributed by atoms with E-state index >= 15 is 0 Å². The monoisotopic (exact) mass is 372 g/mol. The average molecular weight is 373 g/mol. The van der Waals surface area contributed by atoms with Gasteiger partial charge in [-0.25, -0.2) is 9.18 Å². The molecule has 22 heavy (non-hydrogen) atoms. The highest BCUT2D eigenvalue weighted by Crippen LogP contribution is 2.36. The molecule has 2 unspecified atom stereocenters. The zero-order valence-electron chi connectivity index (χ0n) is 11.5. The Labute approximate surface area is 134 Å². The number of nitrogens with one attached hydrogen (secondary N) is 1. The van der Waals surface area contributed by atoms with E-state index in [1.165, 1.54) is 11.0 Å². The van der Waals surface area contributed by atoms with Crippen molar-refractivity contribution in [3.05, 3.63) is 28.0 Å². The Hall–Kier alpha value is -1.83. The van der Waals surface area contributed by atoms with Crippen LogP contribution in [0, 0.1) is 11.7 Å². The molecule has 3 rings (SSSR count). The Morgan fingerprint density at radius 1 is 1.45 bits per heavy atom. The molecule has 2 amide bonds. The molecule has 8 heteroatoms. The van der Waals surface area contributed by atoms with Gasteiger partial charge < -0.3 is 20.1 Å². The van der Waals surface area contributed by atoms with Gasteiger partial charge in [-0.3, -0.25) is 4.79 Å². The molecular formula is C14H14BrFN2O4. The normalized spacial score (nSPS) is 23.1. The third-order valence-electron chi connectivity index (χ3n) is 3.96. The zero-order chi connectivity index (χ0) is 15.9. The predicted octanol–water partition coefficient (Wildman–Crippen LogP) is 2.14. The van der Waals surface area contributed by atoms with Crippen LogP contribution in [0.15, 0.2) is 16.6 Å². The SMILES string of the molecule is O=C(O)C1CCN(C(=O)NC2COc3cc(F)c(Br)cc32)C1. The van der Waals surface area contributed by atoms with Gasteiger partial charge in [0.15, 0.2) is 0 Å². The largest absolute Gasteiger partial charge is 0.491 e. The minimum atomic E-state index is -0.885. The number of carboxylic acid groups (broad SMARTS) is 1. The molecule has 0 bridgehead atoms. The first-order valence-electron chi connectivity index (χ1n) is 6.85. The number of halogens is 2. The van der Waals surface area contributed by atoms with Gasteiger partial charge in [-0.05, 0) is 28.4 Å². The van der Waals surface area contributed by atoms with Crippen LogP contribution in [-0.4, -0.2) is 41.7 Å². The van der Waals surface area contributed by atoms with E-state index in [2.05, 4.69) is 21.2 Å². The molecule has 2 heterocycles. The molecule has 2 aliphatic rings. The van der Waals surface area contributed by atoms with E-state index in [4.69, 9.17) is 9.84 Å². The molecular weight excluding hydrogens is 359 g/mol. The lowest BCUT2D eigenvalue weighted by Crippen LogP contribution is -2.41. The molecule has 1 fully saturated rings. The van der Waals surface area contributed by atoms with Crippen LogP contribution >= 0.6 is 15.9 Å². The van der Waals surface area contributed by atoms with Crippen molar-refractivity contribution < 1.29 is 23.8 Å². The van der Waals surface area contributed by atoms with Crippen LogP contribution in [-0.2, 0) is 4.79 Å². The number of amides is 2. The first-order chi connectivity index (χ1) is 10.5. The standard InChI is InChI=1S/C14H14BrFN2O4/c15-9-3-8-11(6-22-12(8)4-10(9)16)17-14(21)18-2-1-7(5-18)13(19)20/h3-4,7,11H,1-2,5-6H2,(H,17,21)(H,19,20). The minimum absolute atomic E-state index is 0.203. The highest BCUT2D eigenvalue weighted by atomic mass is 79.9. The van der Waals surface area contributed by atoms with Gasteiger partial charge in [0.25, 0.3) is 0 Å². The van der Waals surface area contributed by atoms with Crippen molar-refractivity contribution in [3.63, 3.8) is 0 Å². The van der Waals surface area contributed by atoms with Gasteiger partial charge in [-0.1, -0.05) is 0 Å². The molecule has 118 valence electrons. The summed E-state index contributed by atoms with van der Waals surface area (Å²) < 4.78 is 19.1. The number of urea groups is 1. The molecule has 2 aliphatic heterocycles. The van der Waals surface area contributed by atoms with Gasteiger partial charge in [-0.15, -0.1) is 0 Å². The smallest absolute Gasteiger partial charge is 0.318 e. The minimum Gasteiger partial charge on any atom is -0.491 e. The fourth-order valence-electron chi connectivity index (χ4n) is 2.71. The molecule has 0 aliphatic carbocycles. The molecule has 2 N–H and O–H groups in total. The summed E-state index contributed by atoms with van der Waals surface area (Å²) in [5.74, 6) is -1.41. The number of carboxylic acids is 1. The molecule has 0 saturated carbocycles. The van der Waals surface area contributed by atoms with Crippen molar-refractivity contribution in [2.45, 2.75) is 12.5 Å². The van der Waals surface area contributed by atoms with Crippen LogP contribution < -0.4 is 10.1 Å². The number of rotatable bonds is 2. The Balaban J connectivity index is 1.67. The summed E-state index contributed by atoms with van der Waals surface area (Å²) >= 11 is 3.11. The molecule has 0 radical (unpaired) electrons. The number of fused-ring (bicyclic) bond motifs is 1. The Morgan fingerprint density at radius 2 is 2.23 bits per heavy atom.